The van der Waals surface area contributed by atoms with Gasteiger partial charge in [-0.05, 0) is 78.2 Å². The van der Waals surface area contributed by atoms with Crippen LogP contribution < -0.4 is 75.0 Å². The van der Waals surface area contributed by atoms with E-state index in [1.807, 2.05) is 0 Å². The summed E-state index contributed by atoms with van der Waals surface area (Å²) in [4.78, 5) is 24.1. The van der Waals surface area contributed by atoms with E-state index in [0.29, 0.717) is 28.5 Å². The average Bonchev–Trinajstić information content (AvgIpc) is 2.99. The number of sulfone groups is 1. The average molecular weight is 737 g/mol. The van der Waals surface area contributed by atoms with E-state index in [1.54, 1.807) is 24.3 Å². The molecule has 21 heteroatoms. The van der Waals surface area contributed by atoms with Gasteiger partial charge in [-0.2, -0.15) is 9.45 Å². The van der Waals surface area contributed by atoms with Gasteiger partial charge in [0.2, 0.25) is 16.3 Å². The monoisotopic (exact) mass is 736 g/mol. The molecule has 0 aliphatic heterocycles. The van der Waals surface area contributed by atoms with E-state index in [9.17, 15) is 41.3 Å². The molecule has 2 amide bonds. The largest absolute Gasteiger partial charge is 1.00 e. The van der Waals surface area contributed by atoms with Crippen molar-refractivity contribution in [3.05, 3.63) is 78.4 Å². The van der Waals surface area contributed by atoms with Crippen molar-refractivity contribution in [1.29, 1.82) is 0 Å². The molecular formula is C27H22N4Na2O12S3. The van der Waals surface area contributed by atoms with Crippen molar-refractivity contribution in [2.75, 3.05) is 23.0 Å². The molecule has 4 aromatic carbocycles. The normalized spacial score (nSPS) is 11.5. The minimum atomic E-state index is -5.02. The molecule has 3 N–H and O–H groups in total. The number of aromatic hydroxyl groups is 1. The molecule has 0 aliphatic carbocycles. The molecule has 0 bridgehead atoms. The standard InChI is InChI=1S/C27H24N4O12S3.2Na/c1-16(32)28-21-8-11-23-18(14-21)15-24(44-43-42-35)25(26(23)33)31-30-20-4-2-17(3-5-20)27(34)29-19-6-9-22(10-7-19)45(36,37)13-12-41-46(38,39)40;;/h2-11,14-15,33,35H,12-13H2,1H3,(H,28,32)(H,29,34)(H,38,39,40);;/q;2*+1/p-2. The zero-order valence-corrected chi connectivity index (χ0v) is 31.8. The number of hydrogen-bond donors (Lipinski definition) is 3. The Balaban J connectivity index is 0.00000400. The molecule has 0 saturated carbocycles. The summed E-state index contributed by atoms with van der Waals surface area (Å²) in [6.07, 6.45) is 0. The molecular weight excluding hydrogens is 714 g/mol. The van der Waals surface area contributed by atoms with Crippen LogP contribution in [0.2, 0.25) is 0 Å². The second kappa shape index (κ2) is 18.5. The molecule has 0 unspecified atom stereocenters. The Hall–Kier alpha value is -2.47. The molecule has 0 heterocycles. The molecule has 242 valence electrons. The van der Waals surface area contributed by atoms with Gasteiger partial charge in [-0.3, -0.25) is 18.8 Å². The molecule has 16 nitrogen and oxygen atoms in total. The molecule has 0 aromatic heterocycles. The van der Waals surface area contributed by atoms with E-state index < -0.39 is 38.5 Å². The van der Waals surface area contributed by atoms with Gasteiger partial charge in [0.15, 0.2) is 15.6 Å². The second-order valence-corrected chi connectivity index (χ2v) is 13.1. The van der Waals surface area contributed by atoms with Gasteiger partial charge in [-0.1, -0.05) is 0 Å². The quantitative estimate of drug-likeness (QED) is 0.0248. The van der Waals surface area contributed by atoms with E-state index >= 15 is 0 Å². The van der Waals surface area contributed by atoms with Crippen LogP contribution in [0.5, 0.6) is 5.75 Å². The van der Waals surface area contributed by atoms with Gasteiger partial charge in [-0.15, -0.1) is 5.11 Å². The summed E-state index contributed by atoms with van der Waals surface area (Å²) in [5, 5.41) is 39.1. The van der Waals surface area contributed by atoms with Gasteiger partial charge < -0.3 is 25.6 Å². The van der Waals surface area contributed by atoms with Crippen molar-refractivity contribution < 1.29 is 114 Å². The number of carbonyl (C=O) groups excluding carboxylic acids is 2. The van der Waals surface area contributed by atoms with Crippen molar-refractivity contribution in [2.45, 2.75) is 16.7 Å². The van der Waals surface area contributed by atoms with E-state index in [2.05, 4.69) is 34.4 Å². The predicted molar refractivity (Wildman–Crippen MR) is 161 cm³/mol. The first kappa shape index (κ1) is 41.7. The zero-order chi connectivity index (χ0) is 33.5. The Morgan fingerprint density at radius 3 is 2.15 bits per heavy atom. The Kier molecular flexibility index (Phi) is 16.1. The van der Waals surface area contributed by atoms with E-state index in [0.717, 1.165) is 0 Å². The van der Waals surface area contributed by atoms with Gasteiger partial charge in [-0.25, -0.2) is 16.8 Å². The fraction of sp³-hybridized carbons (Fsp3) is 0.111. The molecule has 0 spiro atoms. The SMILES string of the molecule is CC(=O)Nc1ccc2c(O)c(N=Nc3ccc(C(=O)Nc4ccc(S(=O)(=O)CCOS(=O)(=O)[O-])cc4)cc3)c(SOO[O-])cc2c1.[Na+].[Na+]. The Bertz CT molecular complexity index is 2010. The third kappa shape index (κ3) is 11.8. The maximum atomic E-state index is 12.7. The van der Waals surface area contributed by atoms with Crippen LogP contribution in [0.3, 0.4) is 0 Å². The fourth-order valence-electron chi connectivity index (χ4n) is 3.94. The third-order valence-corrected chi connectivity index (χ3v) is 8.73. The first-order valence-corrected chi connectivity index (χ1v) is 16.4. The number of phenols is 1. The summed E-state index contributed by atoms with van der Waals surface area (Å²) in [6, 6.07) is 17.2. The minimum Gasteiger partial charge on any atom is -0.726 e. The number of benzene rings is 4. The van der Waals surface area contributed by atoms with Crippen LogP contribution >= 0.6 is 12.0 Å². The van der Waals surface area contributed by atoms with Gasteiger partial charge in [0.25, 0.3) is 5.91 Å². The minimum absolute atomic E-state index is 0. The van der Waals surface area contributed by atoms with E-state index in [1.165, 1.54) is 55.5 Å². The maximum Gasteiger partial charge on any atom is 1.00 e. The van der Waals surface area contributed by atoms with Gasteiger partial charge in [0.05, 0.1) is 39.9 Å². The number of nitrogens with zero attached hydrogens (tertiary/aromatic N) is 2. The molecule has 4 rings (SSSR count). The predicted octanol–water partition coefficient (Wildman–Crippen LogP) is -2.34. The maximum absolute atomic E-state index is 12.7. The molecule has 0 fully saturated rings. The van der Waals surface area contributed by atoms with Crippen LogP contribution in [-0.4, -0.2) is 50.7 Å². The molecule has 0 aliphatic rings. The molecule has 0 radical (unpaired) electrons. The van der Waals surface area contributed by atoms with Crippen LogP contribution in [-0.2, 0) is 38.6 Å². The number of fused-ring (bicyclic) bond motifs is 1. The first-order chi connectivity index (χ1) is 21.8. The number of phenolic OH excluding ortho intramolecular Hbond substituents is 1. The van der Waals surface area contributed by atoms with Crippen molar-refractivity contribution in [3.63, 3.8) is 0 Å². The summed E-state index contributed by atoms with van der Waals surface area (Å²) in [6.45, 7) is 0.513. The summed E-state index contributed by atoms with van der Waals surface area (Å²) in [5.74, 6) is -1.85. The molecule has 0 saturated heterocycles. The van der Waals surface area contributed by atoms with Crippen molar-refractivity contribution in [1.82, 2.24) is 0 Å². The van der Waals surface area contributed by atoms with Crippen LogP contribution in [0, 0.1) is 0 Å². The number of nitrogens with one attached hydrogen (secondary N) is 2. The molecule has 0 atom stereocenters. The Labute approximate surface area is 322 Å². The number of azo groups is 1. The van der Waals surface area contributed by atoms with Crippen LogP contribution in [0.15, 0.2) is 92.8 Å². The number of carbonyl (C=O) groups is 2. The topological polar surface area (TPSA) is 245 Å². The number of amides is 2. The molecule has 4 aromatic rings. The third-order valence-electron chi connectivity index (χ3n) is 5.97. The van der Waals surface area contributed by atoms with Crippen molar-refractivity contribution >= 4 is 77.6 Å². The second-order valence-electron chi connectivity index (χ2n) is 9.18. The number of anilines is 2. The summed E-state index contributed by atoms with van der Waals surface area (Å²) >= 11 is 0.483. The summed E-state index contributed by atoms with van der Waals surface area (Å²) < 4.78 is 64.5. The smallest absolute Gasteiger partial charge is 0.726 e. The van der Waals surface area contributed by atoms with Gasteiger partial charge in [0, 0.05) is 29.2 Å². The summed E-state index contributed by atoms with van der Waals surface area (Å²) in [5.41, 5.74) is 1.19. The van der Waals surface area contributed by atoms with Gasteiger partial charge >= 0.3 is 59.1 Å². The van der Waals surface area contributed by atoms with Crippen LogP contribution in [0.25, 0.3) is 10.8 Å². The summed E-state index contributed by atoms with van der Waals surface area (Å²) in [7, 11) is -8.98. The number of rotatable bonds is 13. The van der Waals surface area contributed by atoms with E-state index in [4.69, 9.17) is 0 Å². The Morgan fingerprint density at radius 2 is 1.54 bits per heavy atom. The number of hydrogen-bond acceptors (Lipinski definition) is 15. The van der Waals surface area contributed by atoms with Crippen LogP contribution in [0.1, 0.15) is 17.3 Å². The van der Waals surface area contributed by atoms with Crippen LogP contribution in [0.4, 0.5) is 22.7 Å². The molecule has 48 heavy (non-hydrogen) atoms. The van der Waals surface area contributed by atoms with Crippen molar-refractivity contribution in [2.24, 2.45) is 10.2 Å². The van der Waals surface area contributed by atoms with Crippen molar-refractivity contribution in [3.8, 4) is 5.75 Å². The fourth-order valence-corrected chi connectivity index (χ4v) is 5.92. The van der Waals surface area contributed by atoms with E-state index in [-0.39, 0.29) is 103 Å². The van der Waals surface area contributed by atoms with Gasteiger partial charge in [0.1, 0.15) is 5.69 Å². The Morgan fingerprint density at radius 1 is 0.896 bits per heavy atom. The zero-order valence-electron chi connectivity index (χ0n) is 25.4. The first-order valence-electron chi connectivity index (χ1n) is 12.7.